The molecule has 0 aliphatic carbocycles. The van der Waals surface area contributed by atoms with Crippen LogP contribution in [0.15, 0.2) is 66.7 Å². The van der Waals surface area contributed by atoms with Gasteiger partial charge in [-0.15, -0.1) is 0 Å². The summed E-state index contributed by atoms with van der Waals surface area (Å²) in [6.07, 6.45) is -4.81. The Hall–Kier alpha value is -3.79. The van der Waals surface area contributed by atoms with E-state index >= 15 is 0 Å². The Balaban J connectivity index is 1.67. The number of urea groups is 1. The maximum absolute atomic E-state index is 12.9. The molecule has 7 nitrogen and oxygen atoms in total. The summed E-state index contributed by atoms with van der Waals surface area (Å²) in [6.45, 7) is 0. The third-order valence-electron chi connectivity index (χ3n) is 3.88. The van der Waals surface area contributed by atoms with Crippen LogP contribution < -0.4 is 15.4 Å². The predicted molar refractivity (Wildman–Crippen MR) is 109 cm³/mol. The first-order chi connectivity index (χ1) is 14.6. The number of amides is 2. The highest BCUT2D eigenvalue weighted by Gasteiger charge is 2.33. The molecule has 160 valence electrons. The maximum atomic E-state index is 12.9. The lowest BCUT2D eigenvalue weighted by Gasteiger charge is -2.11. The Morgan fingerprint density at radius 3 is 2.00 bits per heavy atom. The topological polar surface area (TPSA) is 93.5 Å². The molecule has 2 N–H and O–H groups in total. The number of hydrogen-bond acceptors (Lipinski definition) is 4. The smallest absolute Gasteiger partial charge is 0.416 e. The summed E-state index contributed by atoms with van der Waals surface area (Å²) in [6, 6.07) is 13.8. The first-order valence-corrected chi connectivity index (χ1v) is 8.96. The number of benzene rings is 3. The minimum Gasteiger partial charge on any atom is -0.457 e. The maximum Gasteiger partial charge on any atom is 0.416 e. The predicted octanol–water partition coefficient (Wildman–Crippen LogP) is 6.70. The molecule has 0 spiro atoms. The van der Waals surface area contributed by atoms with Gasteiger partial charge in [-0.3, -0.25) is 10.1 Å². The zero-order valence-corrected chi connectivity index (χ0v) is 16.2. The van der Waals surface area contributed by atoms with Gasteiger partial charge in [0.15, 0.2) is 0 Å². The van der Waals surface area contributed by atoms with Gasteiger partial charge < -0.3 is 15.4 Å². The van der Waals surface area contributed by atoms with Crippen molar-refractivity contribution in [1.82, 2.24) is 0 Å². The van der Waals surface area contributed by atoms with Crippen LogP contribution in [-0.4, -0.2) is 11.0 Å². The number of carbonyl (C=O) groups is 1. The van der Waals surface area contributed by atoms with Crippen LogP contribution in [0.2, 0.25) is 5.02 Å². The second kappa shape index (κ2) is 8.92. The number of ether oxygens (including phenoxy) is 1. The van der Waals surface area contributed by atoms with E-state index in [-0.39, 0.29) is 5.69 Å². The fraction of sp³-hybridized carbons (Fsp3) is 0.0500. The standard InChI is InChI=1S/C20H13ClF3N3O4/c21-13-1-5-17(6-2-13)31-18-7-3-14(4-8-18)25-19(28)26-15-9-12(20(22,23)24)10-16(11-15)27(29)30/h1-11H,(H2,25,26,28). The minimum atomic E-state index is -4.81. The van der Waals surface area contributed by atoms with Crippen molar-refractivity contribution in [3.8, 4) is 11.5 Å². The zero-order chi connectivity index (χ0) is 22.6. The molecule has 2 amide bonds. The molecule has 0 heterocycles. The molecule has 3 rings (SSSR count). The van der Waals surface area contributed by atoms with Crippen molar-refractivity contribution in [2.75, 3.05) is 10.6 Å². The molecule has 0 saturated carbocycles. The van der Waals surface area contributed by atoms with E-state index in [1.54, 1.807) is 36.4 Å². The summed E-state index contributed by atoms with van der Waals surface area (Å²) >= 11 is 5.81. The number of nitro benzene ring substituents is 1. The lowest BCUT2D eigenvalue weighted by molar-refractivity contribution is -0.385. The monoisotopic (exact) mass is 451 g/mol. The average Bonchev–Trinajstić information content (AvgIpc) is 2.70. The number of nitro groups is 1. The summed E-state index contributed by atoms with van der Waals surface area (Å²) in [5.74, 6) is 1.02. The SMILES string of the molecule is O=C(Nc1ccc(Oc2ccc(Cl)cc2)cc1)Nc1cc([N+](=O)[O-])cc(C(F)(F)F)c1. The molecule has 3 aromatic carbocycles. The number of nitrogens with one attached hydrogen (secondary N) is 2. The van der Waals surface area contributed by atoms with Gasteiger partial charge in [0.1, 0.15) is 11.5 Å². The van der Waals surface area contributed by atoms with Crippen molar-refractivity contribution in [3.63, 3.8) is 0 Å². The highest BCUT2D eigenvalue weighted by molar-refractivity contribution is 6.30. The highest BCUT2D eigenvalue weighted by atomic mass is 35.5. The summed E-state index contributed by atoms with van der Waals surface area (Å²) < 4.78 is 44.4. The second-order valence-corrected chi connectivity index (χ2v) is 6.62. The number of rotatable bonds is 5. The quantitative estimate of drug-likeness (QED) is 0.333. The van der Waals surface area contributed by atoms with E-state index in [1.807, 2.05) is 0 Å². The third kappa shape index (κ3) is 6.09. The van der Waals surface area contributed by atoms with Crippen LogP contribution in [-0.2, 0) is 6.18 Å². The highest BCUT2D eigenvalue weighted by Crippen LogP contribution is 2.34. The lowest BCUT2D eigenvalue weighted by Crippen LogP contribution is -2.20. The lowest BCUT2D eigenvalue weighted by atomic mass is 10.1. The summed E-state index contributed by atoms with van der Waals surface area (Å²) in [4.78, 5) is 22.0. The van der Waals surface area contributed by atoms with Crippen molar-refractivity contribution in [3.05, 3.63) is 87.4 Å². The molecule has 0 bridgehead atoms. The van der Waals surface area contributed by atoms with Gasteiger partial charge in [-0.2, -0.15) is 13.2 Å². The summed E-state index contributed by atoms with van der Waals surface area (Å²) in [5.41, 5.74) is -2.10. The van der Waals surface area contributed by atoms with Crippen molar-refractivity contribution < 1.29 is 27.6 Å². The minimum absolute atomic E-state index is 0.322. The normalized spacial score (nSPS) is 11.0. The number of non-ortho nitro benzene ring substituents is 1. The molecule has 0 aliphatic heterocycles. The van der Waals surface area contributed by atoms with Crippen LogP contribution in [0.25, 0.3) is 0 Å². The van der Waals surface area contributed by atoms with Crippen molar-refractivity contribution >= 4 is 34.7 Å². The molecule has 0 aliphatic rings. The van der Waals surface area contributed by atoms with Gasteiger partial charge >= 0.3 is 12.2 Å². The molecule has 0 radical (unpaired) electrons. The van der Waals surface area contributed by atoms with Crippen LogP contribution in [0.5, 0.6) is 11.5 Å². The Morgan fingerprint density at radius 2 is 1.45 bits per heavy atom. The molecule has 0 saturated heterocycles. The first kappa shape index (κ1) is 21.9. The van der Waals surface area contributed by atoms with Gasteiger partial charge in [0.2, 0.25) is 0 Å². The van der Waals surface area contributed by atoms with Gasteiger partial charge in [0.25, 0.3) is 5.69 Å². The van der Waals surface area contributed by atoms with E-state index in [4.69, 9.17) is 16.3 Å². The van der Waals surface area contributed by atoms with E-state index in [2.05, 4.69) is 10.6 Å². The van der Waals surface area contributed by atoms with Crippen molar-refractivity contribution in [1.29, 1.82) is 0 Å². The van der Waals surface area contributed by atoms with Crippen LogP contribution in [0.4, 0.5) is 35.0 Å². The van der Waals surface area contributed by atoms with E-state index < -0.39 is 28.4 Å². The summed E-state index contributed by atoms with van der Waals surface area (Å²) in [7, 11) is 0. The van der Waals surface area contributed by atoms with Crippen LogP contribution in [0, 0.1) is 10.1 Å². The van der Waals surface area contributed by atoms with Gasteiger partial charge in [0.05, 0.1) is 10.5 Å². The Morgan fingerprint density at radius 1 is 0.903 bits per heavy atom. The third-order valence-corrected chi connectivity index (χ3v) is 4.13. The summed E-state index contributed by atoms with van der Waals surface area (Å²) in [5, 5.41) is 16.0. The van der Waals surface area contributed by atoms with Crippen LogP contribution >= 0.6 is 11.6 Å². The number of hydrogen-bond donors (Lipinski definition) is 2. The second-order valence-electron chi connectivity index (χ2n) is 6.18. The molecule has 11 heteroatoms. The Bertz CT molecular complexity index is 1100. The first-order valence-electron chi connectivity index (χ1n) is 8.58. The molecular formula is C20H13ClF3N3O4. The van der Waals surface area contributed by atoms with Gasteiger partial charge in [-0.1, -0.05) is 11.6 Å². The molecule has 0 aromatic heterocycles. The molecule has 0 fully saturated rings. The Labute approximate surface area is 178 Å². The van der Waals surface area contributed by atoms with E-state index in [1.165, 1.54) is 12.1 Å². The van der Waals surface area contributed by atoms with E-state index in [0.29, 0.717) is 34.3 Å². The van der Waals surface area contributed by atoms with Crippen LogP contribution in [0.1, 0.15) is 5.56 Å². The van der Waals surface area contributed by atoms with E-state index in [0.717, 1.165) is 6.07 Å². The number of anilines is 2. The number of halogens is 4. The molecule has 3 aromatic rings. The largest absolute Gasteiger partial charge is 0.457 e. The van der Waals surface area contributed by atoms with Gasteiger partial charge in [-0.05, 0) is 54.6 Å². The van der Waals surface area contributed by atoms with Gasteiger partial charge in [0, 0.05) is 28.5 Å². The zero-order valence-electron chi connectivity index (χ0n) is 15.4. The number of alkyl halides is 3. The molecule has 0 unspecified atom stereocenters. The molecule has 0 atom stereocenters. The molecular weight excluding hydrogens is 439 g/mol. The average molecular weight is 452 g/mol. The van der Waals surface area contributed by atoms with Crippen molar-refractivity contribution in [2.24, 2.45) is 0 Å². The molecule has 31 heavy (non-hydrogen) atoms. The number of nitrogens with zero attached hydrogens (tertiary/aromatic N) is 1. The van der Waals surface area contributed by atoms with Crippen LogP contribution in [0.3, 0.4) is 0 Å². The number of carbonyl (C=O) groups excluding carboxylic acids is 1. The fourth-order valence-corrected chi connectivity index (χ4v) is 2.62. The van der Waals surface area contributed by atoms with Crippen molar-refractivity contribution in [2.45, 2.75) is 6.18 Å². The van der Waals surface area contributed by atoms with E-state index in [9.17, 15) is 28.1 Å². The Kier molecular flexibility index (Phi) is 6.30. The van der Waals surface area contributed by atoms with Gasteiger partial charge in [-0.25, -0.2) is 4.79 Å². The fourth-order valence-electron chi connectivity index (χ4n) is 2.49.